The number of ether oxygens (including phenoxy) is 2. The van der Waals surface area contributed by atoms with Gasteiger partial charge in [0.2, 0.25) is 5.90 Å². The Bertz CT molecular complexity index is 1670. The molecule has 0 spiro atoms. The minimum absolute atomic E-state index is 0.0371. The molecule has 5 rings (SSSR count). The van der Waals surface area contributed by atoms with Gasteiger partial charge in [-0.1, -0.05) is 90.0 Å². The van der Waals surface area contributed by atoms with Gasteiger partial charge in [-0.25, -0.2) is 14.8 Å². The van der Waals surface area contributed by atoms with Crippen molar-refractivity contribution < 1.29 is 23.8 Å². The number of nitrogens with zero attached hydrogens (tertiary/aromatic N) is 1. The van der Waals surface area contributed by atoms with E-state index < -0.39 is 17.6 Å². The van der Waals surface area contributed by atoms with Crippen LogP contribution < -0.4 is 15.6 Å². The molecule has 1 heterocycles. The van der Waals surface area contributed by atoms with Gasteiger partial charge in [-0.2, -0.15) is 0 Å². The van der Waals surface area contributed by atoms with Crippen LogP contribution in [0.4, 0.5) is 4.39 Å². The van der Waals surface area contributed by atoms with E-state index in [1.54, 1.807) is 60.7 Å². The minimum atomic E-state index is -1.52. The first-order chi connectivity index (χ1) is 21.9. The number of aliphatic hydroxyl groups excluding tert-OH is 1. The fourth-order valence-corrected chi connectivity index (χ4v) is 5.42. The fraction of sp³-hybridized carbons (Fsp3) is 0.200. The molecule has 0 saturated carbocycles. The Balaban J connectivity index is 1.51. The van der Waals surface area contributed by atoms with Gasteiger partial charge in [0.05, 0.1) is 6.61 Å². The predicted molar refractivity (Wildman–Crippen MR) is 175 cm³/mol. The summed E-state index contributed by atoms with van der Waals surface area (Å²) in [6.45, 7) is 0.465. The second-order valence-corrected chi connectivity index (χ2v) is 11.2. The van der Waals surface area contributed by atoms with Gasteiger partial charge < -0.3 is 14.6 Å². The number of carbonyl (C=O) groups excluding carboxylic acids is 1. The largest absolute Gasteiger partial charge is 0.494 e. The lowest BCUT2D eigenvalue weighted by Crippen LogP contribution is -2.52. The molecule has 7 nitrogen and oxygen atoms in total. The van der Waals surface area contributed by atoms with Crippen molar-refractivity contribution in [3.05, 3.63) is 141 Å². The number of benzene rings is 4. The van der Waals surface area contributed by atoms with Crippen molar-refractivity contribution in [1.29, 1.82) is 0 Å². The number of hydrogen-bond donors (Lipinski definition) is 3. The van der Waals surface area contributed by atoms with E-state index in [2.05, 4.69) is 10.9 Å². The molecular formula is C35H32Cl2FN3O4. The summed E-state index contributed by atoms with van der Waals surface area (Å²) < 4.78 is 26.4. The molecule has 0 aliphatic carbocycles. The number of aliphatic imine (C=N–C) groups is 1. The van der Waals surface area contributed by atoms with E-state index in [-0.39, 0.29) is 31.3 Å². The summed E-state index contributed by atoms with van der Waals surface area (Å²) in [4.78, 5) is 19.2. The maximum absolute atomic E-state index is 14.3. The zero-order valence-corrected chi connectivity index (χ0v) is 25.8. The molecule has 0 saturated heterocycles. The van der Waals surface area contributed by atoms with E-state index >= 15 is 0 Å². The SMILES string of the molecule is O=C(NNCc1ccccc1F)[C@@]1(C/C=C/c2ccccc2)N=C(c2ccc(OCCCO)cc2)O[C@H]1c1ccc(Cl)cc1Cl. The zero-order chi connectivity index (χ0) is 31.6. The van der Waals surface area contributed by atoms with Gasteiger partial charge in [0, 0.05) is 52.7 Å². The predicted octanol–water partition coefficient (Wildman–Crippen LogP) is 7.08. The van der Waals surface area contributed by atoms with E-state index in [0.29, 0.717) is 45.5 Å². The van der Waals surface area contributed by atoms with Crippen molar-refractivity contribution in [1.82, 2.24) is 10.9 Å². The van der Waals surface area contributed by atoms with Crippen molar-refractivity contribution in [3.63, 3.8) is 0 Å². The Morgan fingerprint density at radius 1 is 1.02 bits per heavy atom. The van der Waals surface area contributed by atoms with Gasteiger partial charge in [0.15, 0.2) is 11.6 Å². The lowest BCUT2D eigenvalue weighted by atomic mass is 9.84. The summed E-state index contributed by atoms with van der Waals surface area (Å²) in [5, 5.41) is 9.80. The molecule has 0 radical (unpaired) electrons. The molecule has 45 heavy (non-hydrogen) atoms. The normalized spacial score (nSPS) is 17.6. The molecule has 4 aromatic carbocycles. The van der Waals surface area contributed by atoms with Crippen molar-refractivity contribution >= 4 is 41.1 Å². The van der Waals surface area contributed by atoms with Crippen molar-refractivity contribution in [2.45, 2.75) is 31.0 Å². The molecule has 1 amide bonds. The Kier molecular flexibility index (Phi) is 10.9. The molecule has 0 bridgehead atoms. The Morgan fingerprint density at radius 2 is 1.78 bits per heavy atom. The third-order valence-corrected chi connectivity index (χ3v) is 7.81. The van der Waals surface area contributed by atoms with E-state index in [1.807, 2.05) is 42.5 Å². The summed E-state index contributed by atoms with van der Waals surface area (Å²) in [5.74, 6) is -0.0223. The molecule has 4 aromatic rings. The number of hydrogen-bond acceptors (Lipinski definition) is 6. The molecule has 10 heteroatoms. The minimum Gasteiger partial charge on any atom is -0.494 e. The van der Waals surface area contributed by atoms with Crippen LogP contribution in [0, 0.1) is 5.82 Å². The third kappa shape index (κ3) is 7.90. The Morgan fingerprint density at radius 3 is 2.51 bits per heavy atom. The quantitative estimate of drug-likeness (QED) is 0.107. The van der Waals surface area contributed by atoms with Crippen LogP contribution in [-0.4, -0.2) is 35.7 Å². The van der Waals surface area contributed by atoms with Crippen LogP contribution in [0.1, 0.15) is 41.2 Å². The summed E-state index contributed by atoms with van der Waals surface area (Å²) in [7, 11) is 0. The van der Waals surface area contributed by atoms with Crippen LogP contribution in [-0.2, 0) is 16.1 Å². The molecule has 232 valence electrons. The lowest BCUT2D eigenvalue weighted by Gasteiger charge is -2.30. The van der Waals surface area contributed by atoms with Gasteiger partial charge in [-0.15, -0.1) is 0 Å². The number of nitrogens with one attached hydrogen (secondary N) is 2. The average molecular weight is 649 g/mol. The number of hydrazine groups is 1. The molecule has 1 aliphatic heterocycles. The monoisotopic (exact) mass is 647 g/mol. The second-order valence-electron chi connectivity index (χ2n) is 10.4. The van der Waals surface area contributed by atoms with E-state index in [4.69, 9.17) is 42.8 Å². The zero-order valence-electron chi connectivity index (χ0n) is 24.3. The first-order valence-electron chi connectivity index (χ1n) is 14.4. The van der Waals surface area contributed by atoms with Gasteiger partial charge >= 0.3 is 0 Å². The number of halogens is 3. The van der Waals surface area contributed by atoms with E-state index in [1.165, 1.54) is 6.07 Å². The second kappa shape index (κ2) is 15.2. The highest BCUT2D eigenvalue weighted by atomic mass is 35.5. The fourth-order valence-electron chi connectivity index (χ4n) is 4.91. The molecule has 0 aromatic heterocycles. The van der Waals surface area contributed by atoms with E-state index in [0.717, 1.165) is 5.56 Å². The van der Waals surface area contributed by atoms with Crippen LogP contribution in [0.5, 0.6) is 5.75 Å². The summed E-state index contributed by atoms with van der Waals surface area (Å²) in [6, 6.07) is 28.1. The van der Waals surface area contributed by atoms with Crippen molar-refractivity contribution in [2.24, 2.45) is 4.99 Å². The lowest BCUT2D eigenvalue weighted by molar-refractivity contribution is -0.129. The van der Waals surface area contributed by atoms with Crippen LogP contribution in [0.15, 0.2) is 108 Å². The third-order valence-electron chi connectivity index (χ3n) is 7.25. The van der Waals surface area contributed by atoms with Crippen LogP contribution in [0.3, 0.4) is 0 Å². The molecular weight excluding hydrogens is 616 g/mol. The Labute approximate surface area is 271 Å². The number of carbonyl (C=O) groups is 1. The maximum Gasteiger partial charge on any atom is 0.266 e. The van der Waals surface area contributed by atoms with Crippen molar-refractivity contribution in [3.8, 4) is 5.75 Å². The smallest absolute Gasteiger partial charge is 0.266 e. The van der Waals surface area contributed by atoms with Crippen LogP contribution in [0.25, 0.3) is 6.08 Å². The number of aliphatic hydroxyl groups is 1. The molecule has 0 unspecified atom stereocenters. The Hall–Kier alpha value is -4.21. The summed E-state index contributed by atoms with van der Waals surface area (Å²) in [5.41, 5.74) is 6.58. The molecule has 3 N–H and O–H groups in total. The van der Waals surface area contributed by atoms with Crippen LogP contribution in [0.2, 0.25) is 10.0 Å². The van der Waals surface area contributed by atoms with Gasteiger partial charge in [-0.05, 0) is 48.0 Å². The average Bonchev–Trinajstić information content (AvgIpc) is 3.43. The highest BCUT2D eigenvalue weighted by Gasteiger charge is 2.53. The van der Waals surface area contributed by atoms with Gasteiger partial charge in [0.25, 0.3) is 5.91 Å². The standard InChI is InChI=1S/C35H32Cl2FN3O4/c36-27-15-18-29(30(37)22-27)32-35(19-6-10-24-8-2-1-3-9-24,34(43)41-39-23-26-11-4-5-12-31(26)38)40-33(45-32)25-13-16-28(17-14-25)44-21-7-20-42/h1-6,8-18,22,32,39,42H,7,19-21,23H2,(H,41,43)/b10-6+/t32-,35-/m0/s1. The number of amides is 1. The summed E-state index contributed by atoms with van der Waals surface area (Å²) in [6.07, 6.45) is 3.50. The number of rotatable bonds is 13. The first-order valence-corrected chi connectivity index (χ1v) is 15.2. The van der Waals surface area contributed by atoms with Gasteiger partial charge in [0.1, 0.15) is 11.6 Å². The van der Waals surface area contributed by atoms with E-state index in [9.17, 15) is 9.18 Å². The van der Waals surface area contributed by atoms with Crippen LogP contribution >= 0.6 is 23.2 Å². The highest BCUT2D eigenvalue weighted by Crippen LogP contribution is 2.45. The molecule has 1 aliphatic rings. The van der Waals surface area contributed by atoms with Crippen molar-refractivity contribution in [2.75, 3.05) is 13.2 Å². The molecule has 2 atom stereocenters. The van der Waals surface area contributed by atoms with Gasteiger partial charge in [-0.3, -0.25) is 10.2 Å². The summed E-state index contributed by atoms with van der Waals surface area (Å²) >= 11 is 12.9. The molecule has 0 fully saturated rings. The first kappa shape index (κ1) is 32.2. The topological polar surface area (TPSA) is 92.2 Å². The maximum atomic E-state index is 14.3. The highest BCUT2D eigenvalue weighted by molar-refractivity contribution is 6.35.